The van der Waals surface area contributed by atoms with Crippen molar-refractivity contribution in [2.75, 3.05) is 11.9 Å². The van der Waals surface area contributed by atoms with Crippen LogP contribution in [-0.4, -0.2) is 28.6 Å². The highest BCUT2D eigenvalue weighted by molar-refractivity contribution is 9.10. The fraction of sp³-hybridized carbons (Fsp3) is 0.231. The van der Waals surface area contributed by atoms with E-state index in [9.17, 15) is 9.59 Å². The number of nitrogens with zero attached hydrogens (tertiary/aromatic N) is 2. The highest BCUT2D eigenvalue weighted by Gasteiger charge is 2.08. The summed E-state index contributed by atoms with van der Waals surface area (Å²) in [7, 11) is 0. The summed E-state index contributed by atoms with van der Waals surface area (Å²) in [6.45, 7) is 1.87. The van der Waals surface area contributed by atoms with Gasteiger partial charge in [0.2, 0.25) is 11.0 Å². The van der Waals surface area contributed by atoms with Gasteiger partial charge in [-0.05, 0) is 18.2 Å². The van der Waals surface area contributed by atoms with Crippen molar-refractivity contribution >= 4 is 44.2 Å². The van der Waals surface area contributed by atoms with Crippen LogP contribution in [0.4, 0.5) is 5.13 Å². The summed E-state index contributed by atoms with van der Waals surface area (Å²) in [5, 5.41) is 14.4. The number of halogens is 1. The lowest BCUT2D eigenvalue weighted by atomic mass is 10.2. The Morgan fingerprint density at radius 1 is 1.33 bits per heavy atom. The number of amides is 2. The van der Waals surface area contributed by atoms with Gasteiger partial charge in [-0.1, -0.05) is 33.3 Å². The van der Waals surface area contributed by atoms with E-state index in [1.165, 1.54) is 18.3 Å². The van der Waals surface area contributed by atoms with E-state index >= 15 is 0 Å². The van der Waals surface area contributed by atoms with E-state index < -0.39 is 0 Å². The van der Waals surface area contributed by atoms with E-state index in [-0.39, 0.29) is 11.8 Å². The number of carbonyl (C=O) groups excluding carboxylic acids is 2. The number of hydrogen-bond acceptors (Lipinski definition) is 5. The molecule has 1 aromatic heterocycles. The molecule has 2 N–H and O–H groups in total. The van der Waals surface area contributed by atoms with Crippen LogP contribution in [0.2, 0.25) is 0 Å². The third-order valence-corrected chi connectivity index (χ3v) is 3.85. The second-order valence-electron chi connectivity index (χ2n) is 4.20. The van der Waals surface area contributed by atoms with Crippen LogP contribution in [0.25, 0.3) is 0 Å². The first-order valence-corrected chi connectivity index (χ1v) is 7.79. The van der Waals surface area contributed by atoms with Gasteiger partial charge >= 0.3 is 0 Å². The molecule has 2 aromatic rings. The van der Waals surface area contributed by atoms with E-state index in [2.05, 4.69) is 36.8 Å². The maximum atomic E-state index is 11.9. The van der Waals surface area contributed by atoms with Crippen molar-refractivity contribution in [3.8, 4) is 0 Å². The number of carbonyl (C=O) groups is 2. The van der Waals surface area contributed by atoms with Crippen LogP contribution in [0.15, 0.2) is 28.7 Å². The fourth-order valence-corrected chi connectivity index (χ4v) is 2.76. The number of anilines is 1. The Morgan fingerprint density at radius 2 is 2.14 bits per heavy atom. The molecule has 1 aromatic carbocycles. The molecule has 2 rings (SSSR count). The second kappa shape index (κ2) is 7.28. The van der Waals surface area contributed by atoms with Crippen molar-refractivity contribution in [1.29, 1.82) is 0 Å². The predicted molar refractivity (Wildman–Crippen MR) is 84.4 cm³/mol. The molecule has 0 radical (unpaired) electrons. The number of rotatable bonds is 5. The molecule has 0 atom stereocenters. The molecular formula is C13H13BrN4O2S. The minimum atomic E-state index is -0.180. The van der Waals surface area contributed by atoms with E-state index in [1.54, 1.807) is 12.1 Å². The largest absolute Gasteiger partial charge is 0.352 e. The van der Waals surface area contributed by atoms with Crippen molar-refractivity contribution in [3.63, 3.8) is 0 Å². The molecule has 0 unspecified atom stereocenters. The number of benzene rings is 1. The molecule has 0 aliphatic carbocycles. The van der Waals surface area contributed by atoms with Crippen LogP contribution in [0.3, 0.4) is 0 Å². The van der Waals surface area contributed by atoms with Gasteiger partial charge in [0.05, 0.1) is 0 Å². The zero-order chi connectivity index (χ0) is 15.2. The zero-order valence-electron chi connectivity index (χ0n) is 11.2. The molecule has 2 amide bonds. The highest BCUT2D eigenvalue weighted by Crippen LogP contribution is 2.15. The summed E-state index contributed by atoms with van der Waals surface area (Å²) in [5.41, 5.74) is 0.598. The van der Waals surface area contributed by atoms with Crippen LogP contribution >= 0.6 is 27.3 Å². The van der Waals surface area contributed by atoms with Gasteiger partial charge in [-0.3, -0.25) is 9.59 Å². The molecule has 0 saturated heterocycles. The molecule has 0 fully saturated rings. The van der Waals surface area contributed by atoms with Gasteiger partial charge in [0.25, 0.3) is 5.91 Å². The van der Waals surface area contributed by atoms with Gasteiger partial charge in [-0.25, -0.2) is 0 Å². The smallest absolute Gasteiger partial charge is 0.251 e. The molecule has 0 aliphatic heterocycles. The Bertz CT molecular complexity index is 659. The third-order valence-electron chi connectivity index (χ3n) is 2.46. The Balaban J connectivity index is 1.82. The summed E-state index contributed by atoms with van der Waals surface area (Å²) in [4.78, 5) is 22.8. The lowest BCUT2D eigenvalue weighted by Crippen LogP contribution is -2.25. The normalized spacial score (nSPS) is 10.2. The quantitative estimate of drug-likeness (QED) is 0.847. The van der Waals surface area contributed by atoms with Gasteiger partial charge in [-0.2, -0.15) is 0 Å². The first-order chi connectivity index (χ1) is 10.0. The molecule has 0 saturated carbocycles. The summed E-state index contributed by atoms with van der Waals surface area (Å²) in [6.07, 6.45) is 0.566. The number of aromatic nitrogens is 2. The minimum Gasteiger partial charge on any atom is -0.352 e. The molecule has 6 nitrogen and oxygen atoms in total. The average Bonchev–Trinajstić information content (AvgIpc) is 2.85. The average molecular weight is 369 g/mol. The Hall–Kier alpha value is -1.80. The standard InChI is InChI=1S/C13H13BrN4O2S/c1-8(19)16-13-18-17-11(21-13)5-6-15-12(20)9-3-2-4-10(14)7-9/h2-4,7H,5-6H2,1H3,(H,15,20)(H,16,18,19). The first-order valence-electron chi connectivity index (χ1n) is 6.18. The van der Waals surface area contributed by atoms with Gasteiger partial charge in [0.1, 0.15) is 5.01 Å². The van der Waals surface area contributed by atoms with Gasteiger partial charge in [0.15, 0.2) is 0 Å². The summed E-state index contributed by atoms with van der Waals surface area (Å²) < 4.78 is 0.860. The van der Waals surface area contributed by atoms with E-state index in [0.29, 0.717) is 23.7 Å². The molecular weight excluding hydrogens is 356 g/mol. The lowest BCUT2D eigenvalue weighted by Gasteiger charge is -2.03. The number of hydrogen-bond donors (Lipinski definition) is 2. The summed E-state index contributed by atoms with van der Waals surface area (Å²) in [6, 6.07) is 7.18. The molecule has 0 bridgehead atoms. The van der Waals surface area contributed by atoms with Crippen LogP contribution in [0.1, 0.15) is 22.3 Å². The number of nitrogens with one attached hydrogen (secondary N) is 2. The van der Waals surface area contributed by atoms with Crippen molar-refractivity contribution in [1.82, 2.24) is 15.5 Å². The van der Waals surface area contributed by atoms with E-state index in [4.69, 9.17) is 0 Å². The van der Waals surface area contributed by atoms with Gasteiger partial charge in [-0.15, -0.1) is 10.2 Å². The summed E-state index contributed by atoms with van der Waals surface area (Å²) >= 11 is 4.62. The third kappa shape index (κ3) is 4.91. The van der Waals surface area contributed by atoms with Crippen molar-refractivity contribution in [3.05, 3.63) is 39.3 Å². The molecule has 21 heavy (non-hydrogen) atoms. The second-order valence-corrected chi connectivity index (χ2v) is 6.18. The summed E-state index contributed by atoms with van der Waals surface area (Å²) in [5.74, 6) is -0.316. The van der Waals surface area contributed by atoms with Crippen molar-refractivity contribution in [2.45, 2.75) is 13.3 Å². The SMILES string of the molecule is CC(=O)Nc1nnc(CCNC(=O)c2cccc(Br)c2)s1. The van der Waals surface area contributed by atoms with Crippen LogP contribution in [-0.2, 0) is 11.2 Å². The van der Waals surface area contributed by atoms with E-state index in [0.717, 1.165) is 9.48 Å². The monoisotopic (exact) mass is 368 g/mol. The van der Waals surface area contributed by atoms with E-state index in [1.807, 2.05) is 12.1 Å². The Morgan fingerprint density at radius 3 is 2.86 bits per heavy atom. The Labute approximate surface area is 134 Å². The van der Waals surface area contributed by atoms with Crippen LogP contribution < -0.4 is 10.6 Å². The minimum absolute atomic E-state index is 0.136. The fourth-order valence-electron chi connectivity index (χ4n) is 1.57. The molecule has 0 aliphatic rings. The van der Waals surface area contributed by atoms with Crippen molar-refractivity contribution < 1.29 is 9.59 Å². The van der Waals surface area contributed by atoms with Crippen LogP contribution in [0.5, 0.6) is 0 Å². The molecule has 8 heteroatoms. The maximum absolute atomic E-state index is 11.9. The van der Waals surface area contributed by atoms with Gasteiger partial charge in [0, 0.05) is 29.9 Å². The van der Waals surface area contributed by atoms with Gasteiger partial charge < -0.3 is 10.6 Å². The van der Waals surface area contributed by atoms with Crippen LogP contribution in [0, 0.1) is 0 Å². The predicted octanol–water partition coefficient (Wildman–Crippen LogP) is 2.23. The molecule has 110 valence electrons. The molecule has 0 spiro atoms. The first kappa shape index (κ1) is 15.6. The topological polar surface area (TPSA) is 84.0 Å². The van der Waals surface area contributed by atoms with Crippen molar-refractivity contribution in [2.24, 2.45) is 0 Å². The lowest BCUT2D eigenvalue weighted by molar-refractivity contribution is -0.114. The highest BCUT2D eigenvalue weighted by atomic mass is 79.9. The maximum Gasteiger partial charge on any atom is 0.251 e. The Kier molecular flexibility index (Phi) is 5.40. The zero-order valence-corrected chi connectivity index (χ0v) is 13.6. The molecule has 1 heterocycles.